The van der Waals surface area contributed by atoms with Crippen molar-refractivity contribution < 1.29 is 0 Å². The van der Waals surface area contributed by atoms with E-state index in [2.05, 4.69) is 54.2 Å². The third-order valence-corrected chi connectivity index (χ3v) is 5.70. The Bertz CT molecular complexity index is 355. The van der Waals surface area contributed by atoms with Gasteiger partial charge in [0.2, 0.25) is 0 Å². The van der Waals surface area contributed by atoms with Gasteiger partial charge in [0.25, 0.3) is 0 Å². The highest BCUT2D eigenvalue weighted by Crippen LogP contribution is 2.51. The summed E-state index contributed by atoms with van der Waals surface area (Å²) in [4.78, 5) is 1.42. The predicted octanol–water partition coefficient (Wildman–Crippen LogP) is 4.60. The molecule has 16 heavy (non-hydrogen) atoms. The molecule has 0 bridgehead atoms. The van der Waals surface area contributed by atoms with Crippen LogP contribution in [0.4, 0.5) is 0 Å². The summed E-state index contributed by atoms with van der Waals surface area (Å²) in [6, 6.07) is 4.82. The van der Waals surface area contributed by atoms with Crippen molar-refractivity contribution in [3.8, 4) is 0 Å². The zero-order valence-electron chi connectivity index (χ0n) is 10.2. The number of nitrogens with one attached hydrogen (secondary N) is 1. The van der Waals surface area contributed by atoms with Crippen molar-refractivity contribution in [1.29, 1.82) is 0 Å². The van der Waals surface area contributed by atoms with Crippen LogP contribution in [0, 0.1) is 11.3 Å². The molecule has 1 heterocycles. The fourth-order valence-corrected chi connectivity index (χ4v) is 3.59. The molecule has 1 nitrogen and oxygen atoms in total. The van der Waals surface area contributed by atoms with Gasteiger partial charge in [-0.3, -0.25) is 0 Å². The smallest absolute Gasteiger partial charge is 0.0701 e. The van der Waals surface area contributed by atoms with Gasteiger partial charge in [-0.2, -0.15) is 0 Å². The third-order valence-electron chi connectivity index (χ3n) is 3.90. The number of hydrogen-bond acceptors (Lipinski definition) is 2. The molecule has 0 radical (unpaired) electrons. The second-order valence-electron chi connectivity index (χ2n) is 5.26. The zero-order chi connectivity index (χ0) is 11.8. The molecule has 1 saturated carbocycles. The van der Waals surface area contributed by atoms with Gasteiger partial charge in [-0.1, -0.05) is 13.8 Å². The average molecular weight is 302 g/mol. The fourth-order valence-electron chi connectivity index (χ4n) is 2.14. The molecular formula is C13H20BrNS. The van der Waals surface area contributed by atoms with E-state index in [0.29, 0.717) is 11.5 Å². The van der Waals surface area contributed by atoms with Crippen molar-refractivity contribution in [2.75, 3.05) is 6.54 Å². The van der Waals surface area contributed by atoms with Crippen LogP contribution < -0.4 is 5.32 Å². The van der Waals surface area contributed by atoms with Crippen LogP contribution in [0.2, 0.25) is 0 Å². The van der Waals surface area contributed by atoms with E-state index < -0.39 is 0 Å². The van der Waals surface area contributed by atoms with E-state index in [-0.39, 0.29) is 0 Å². The van der Waals surface area contributed by atoms with Crippen LogP contribution >= 0.6 is 27.3 Å². The van der Waals surface area contributed by atoms with Gasteiger partial charge in [-0.15, -0.1) is 11.3 Å². The van der Waals surface area contributed by atoms with Crippen molar-refractivity contribution in [1.82, 2.24) is 5.32 Å². The van der Waals surface area contributed by atoms with Crippen LogP contribution in [0.3, 0.4) is 0 Å². The highest BCUT2D eigenvalue weighted by Gasteiger charge is 2.44. The number of hydrogen-bond donors (Lipinski definition) is 1. The van der Waals surface area contributed by atoms with Gasteiger partial charge in [-0.25, -0.2) is 0 Å². The highest BCUT2D eigenvalue weighted by atomic mass is 79.9. The van der Waals surface area contributed by atoms with Crippen LogP contribution in [-0.4, -0.2) is 6.54 Å². The monoisotopic (exact) mass is 301 g/mol. The second-order valence-corrected chi connectivity index (χ2v) is 7.76. The normalized spacial score (nSPS) is 20.1. The van der Waals surface area contributed by atoms with Crippen LogP contribution in [0.25, 0.3) is 0 Å². The van der Waals surface area contributed by atoms with Crippen LogP contribution in [0.1, 0.15) is 44.5 Å². The highest BCUT2D eigenvalue weighted by molar-refractivity contribution is 9.11. The summed E-state index contributed by atoms with van der Waals surface area (Å²) in [5.74, 6) is 0.808. The van der Waals surface area contributed by atoms with E-state index in [0.717, 1.165) is 5.92 Å². The minimum atomic E-state index is 0.479. The maximum atomic E-state index is 3.69. The van der Waals surface area contributed by atoms with Gasteiger partial charge in [0.15, 0.2) is 0 Å². The quantitative estimate of drug-likeness (QED) is 0.838. The number of thiophene rings is 1. The largest absolute Gasteiger partial charge is 0.309 e. The fraction of sp³-hybridized carbons (Fsp3) is 0.692. The topological polar surface area (TPSA) is 12.0 Å². The molecule has 3 heteroatoms. The molecule has 1 aliphatic carbocycles. The Kier molecular flexibility index (Phi) is 3.77. The van der Waals surface area contributed by atoms with Gasteiger partial charge < -0.3 is 5.32 Å². The molecule has 1 unspecified atom stereocenters. The molecular weight excluding hydrogens is 282 g/mol. The van der Waals surface area contributed by atoms with Crippen molar-refractivity contribution in [2.45, 2.75) is 39.7 Å². The van der Waals surface area contributed by atoms with E-state index in [9.17, 15) is 0 Å². The lowest BCUT2D eigenvalue weighted by atomic mass is 9.92. The van der Waals surface area contributed by atoms with Gasteiger partial charge in [0, 0.05) is 17.5 Å². The van der Waals surface area contributed by atoms with Crippen LogP contribution in [0.5, 0.6) is 0 Å². The number of rotatable bonds is 5. The minimum Gasteiger partial charge on any atom is -0.309 e. The molecule has 0 aromatic carbocycles. The first kappa shape index (κ1) is 12.6. The molecule has 0 aliphatic heterocycles. The van der Waals surface area contributed by atoms with E-state index in [1.807, 2.05) is 11.3 Å². The van der Waals surface area contributed by atoms with Gasteiger partial charge in [0.1, 0.15) is 0 Å². The van der Waals surface area contributed by atoms with E-state index in [1.165, 1.54) is 28.0 Å². The lowest BCUT2D eigenvalue weighted by Crippen LogP contribution is -2.29. The van der Waals surface area contributed by atoms with E-state index in [1.54, 1.807) is 0 Å². The van der Waals surface area contributed by atoms with E-state index >= 15 is 0 Å². The van der Waals surface area contributed by atoms with Gasteiger partial charge in [0.05, 0.1) is 3.79 Å². The minimum absolute atomic E-state index is 0.479. The molecule has 0 spiro atoms. The first-order valence-corrected chi connectivity index (χ1v) is 7.63. The second kappa shape index (κ2) is 4.79. The molecule has 0 saturated heterocycles. The third kappa shape index (κ3) is 2.69. The first-order chi connectivity index (χ1) is 7.53. The number of halogens is 1. The average Bonchev–Trinajstić information content (AvgIpc) is 2.92. The lowest BCUT2D eigenvalue weighted by molar-refractivity contribution is 0.326. The van der Waals surface area contributed by atoms with Crippen molar-refractivity contribution in [2.24, 2.45) is 11.3 Å². The molecule has 1 aliphatic rings. The van der Waals surface area contributed by atoms with Gasteiger partial charge in [-0.05, 0) is 59.2 Å². The summed E-state index contributed by atoms with van der Waals surface area (Å²) in [5.41, 5.74) is 0.600. The Hall–Kier alpha value is 0.140. The van der Waals surface area contributed by atoms with Crippen molar-refractivity contribution in [3.05, 3.63) is 20.8 Å². The standard InChI is InChI=1S/C13H20BrNS/c1-9(2)13(6-7-13)8-15-10(3)11-4-5-12(14)16-11/h4-5,9-10,15H,6-8H2,1-3H3. The van der Waals surface area contributed by atoms with Crippen LogP contribution in [-0.2, 0) is 0 Å². The summed E-state index contributed by atoms with van der Waals surface area (Å²) < 4.78 is 1.22. The first-order valence-electron chi connectivity index (χ1n) is 6.02. The van der Waals surface area contributed by atoms with Gasteiger partial charge >= 0.3 is 0 Å². The molecule has 1 fully saturated rings. The molecule has 1 aromatic rings. The molecule has 1 atom stereocenters. The maximum absolute atomic E-state index is 3.69. The Morgan fingerprint density at radius 2 is 2.06 bits per heavy atom. The molecule has 1 N–H and O–H groups in total. The van der Waals surface area contributed by atoms with Crippen LogP contribution in [0.15, 0.2) is 15.9 Å². The Labute approximate surface area is 111 Å². The molecule has 0 amide bonds. The molecule has 90 valence electrons. The molecule has 1 aromatic heterocycles. The van der Waals surface area contributed by atoms with Crippen molar-refractivity contribution >= 4 is 27.3 Å². The summed E-state index contributed by atoms with van der Waals surface area (Å²) >= 11 is 5.35. The maximum Gasteiger partial charge on any atom is 0.0701 e. The SMILES string of the molecule is CC(NCC1(C(C)C)CC1)c1ccc(Br)s1. The molecule has 2 rings (SSSR count). The van der Waals surface area contributed by atoms with E-state index in [4.69, 9.17) is 0 Å². The Balaban J connectivity index is 1.87. The predicted molar refractivity (Wildman–Crippen MR) is 74.9 cm³/mol. The summed E-state index contributed by atoms with van der Waals surface area (Å²) in [6.07, 6.45) is 2.80. The summed E-state index contributed by atoms with van der Waals surface area (Å²) in [7, 11) is 0. The summed E-state index contributed by atoms with van der Waals surface area (Å²) in [6.45, 7) is 8.12. The van der Waals surface area contributed by atoms with Crippen molar-refractivity contribution in [3.63, 3.8) is 0 Å². The lowest BCUT2D eigenvalue weighted by Gasteiger charge is -2.22. The summed E-state index contributed by atoms with van der Waals surface area (Å²) in [5, 5.41) is 3.69. The zero-order valence-corrected chi connectivity index (χ0v) is 12.6. The Morgan fingerprint density at radius 3 is 2.50 bits per heavy atom. The Morgan fingerprint density at radius 1 is 1.38 bits per heavy atom.